The van der Waals surface area contributed by atoms with Crippen molar-refractivity contribution < 1.29 is 0 Å². The number of aromatic nitrogens is 2. The summed E-state index contributed by atoms with van der Waals surface area (Å²) in [6.45, 7) is 0. The molecule has 4 heteroatoms. The summed E-state index contributed by atoms with van der Waals surface area (Å²) in [4.78, 5) is 19.1. The van der Waals surface area contributed by atoms with Gasteiger partial charge in [0.2, 0.25) is 0 Å². The number of hydrogen-bond donors (Lipinski definition) is 1. The first-order chi connectivity index (χ1) is 10.3. The lowest BCUT2D eigenvalue weighted by Crippen LogP contribution is -2.12. The summed E-state index contributed by atoms with van der Waals surface area (Å²) < 4.78 is 0. The molecule has 0 unspecified atom stereocenters. The maximum atomic E-state index is 12.1. The molecule has 0 atom stereocenters. The monoisotopic (exact) mass is 273 g/mol. The van der Waals surface area contributed by atoms with Gasteiger partial charge in [0.25, 0.3) is 5.56 Å². The fraction of sp³-hybridized carbons (Fsp3) is 0. The van der Waals surface area contributed by atoms with Crippen LogP contribution in [0.2, 0.25) is 0 Å². The van der Waals surface area contributed by atoms with E-state index < -0.39 is 5.56 Å². The number of benzene rings is 1. The fourth-order valence-corrected chi connectivity index (χ4v) is 2.18. The average molecular weight is 273 g/mol. The lowest BCUT2D eigenvalue weighted by molar-refractivity contribution is 1.19. The molecule has 0 aliphatic heterocycles. The van der Waals surface area contributed by atoms with E-state index >= 15 is 0 Å². The minimum atomic E-state index is -0.403. The normalized spacial score (nSPS) is 10.0. The zero-order valence-electron chi connectivity index (χ0n) is 11.1. The molecule has 100 valence electrons. The highest BCUT2D eigenvalue weighted by atomic mass is 16.1. The van der Waals surface area contributed by atoms with Gasteiger partial charge in [0, 0.05) is 11.8 Å². The SMILES string of the molecule is N#Cc1c(-c2ccccc2)cc(-c2ccccn2)[nH]c1=O. The van der Waals surface area contributed by atoms with Gasteiger partial charge in [-0.1, -0.05) is 36.4 Å². The Hall–Kier alpha value is -3.19. The van der Waals surface area contributed by atoms with E-state index in [1.165, 1.54) is 0 Å². The lowest BCUT2D eigenvalue weighted by Gasteiger charge is -2.07. The van der Waals surface area contributed by atoms with Crippen molar-refractivity contribution in [2.75, 3.05) is 0 Å². The summed E-state index contributed by atoms with van der Waals surface area (Å²) >= 11 is 0. The Morgan fingerprint density at radius 1 is 1.05 bits per heavy atom. The highest BCUT2D eigenvalue weighted by Crippen LogP contribution is 2.24. The van der Waals surface area contributed by atoms with Crippen molar-refractivity contribution in [1.29, 1.82) is 5.26 Å². The summed E-state index contributed by atoms with van der Waals surface area (Å²) in [5, 5.41) is 9.24. The number of nitriles is 1. The fourth-order valence-electron chi connectivity index (χ4n) is 2.18. The Kier molecular flexibility index (Phi) is 3.32. The van der Waals surface area contributed by atoms with Gasteiger partial charge in [-0.3, -0.25) is 9.78 Å². The van der Waals surface area contributed by atoms with E-state index in [2.05, 4.69) is 9.97 Å². The van der Waals surface area contributed by atoms with Crippen LogP contribution in [-0.2, 0) is 0 Å². The maximum absolute atomic E-state index is 12.1. The first-order valence-electron chi connectivity index (χ1n) is 6.44. The first-order valence-corrected chi connectivity index (χ1v) is 6.44. The summed E-state index contributed by atoms with van der Waals surface area (Å²) in [7, 11) is 0. The van der Waals surface area contributed by atoms with E-state index in [9.17, 15) is 10.1 Å². The second-order valence-electron chi connectivity index (χ2n) is 4.49. The number of nitrogens with one attached hydrogen (secondary N) is 1. The third-order valence-corrected chi connectivity index (χ3v) is 3.17. The van der Waals surface area contributed by atoms with Crippen LogP contribution in [0.4, 0.5) is 0 Å². The Bertz CT molecular complexity index is 862. The number of hydrogen-bond acceptors (Lipinski definition) is 3. The second kappa shape index (κ2) is 5.43. The van der Waals surface area contributed by atoms with E-state index in [1.54, 1.807) is 12.3 Å². The van der Waals surface area contributed by atoms with Crippen molar-refractivity contribution in [2.24, 2.45) is 0 Å². The molecular formula is C17H11N3O. The molecule has 1 N–H and O–H groups in total. The average Bonchev–Trinajstić information content (AvgIpc) is 2.55. The van der Waals surface area contributed by atoms with Crippen LogP contribution in [0, 0.1) is 11.3 Å². The van der Waals surface area contributed by atoms with E-state index in [4.69, 9.17) is 0 Å². The molecule has 2 aromatic heterocycles. The van der Waals surface area contributed by atoms with Crippen molar-refractivity contribution >= 4 is 0 Å². The molecule has 0 radical (unpaired) electrons. The number of H-pyrrole nitrogens is 1. The van der Waals surface area contributed by atoms with Crippen molar-refractivity contribution in [3.05, 3.63) is 76.7 Å². The van der Waals surface area contributed by atoms with Gasteiger partial charge in [0.15, 0.2) is 0 Å². The van der Waals surface area contributed by atoms with Gasteiger partial charge in [-0.25, -0.2) is 0 Å². The largest absolute Gasteiger partial charge is 0.319 e. The molecule has 0 bridgehead atoms. The van der Waals surface area contributed by atoms with Crippen LogP contribution < -0.4 is 5.56 Å². The molecule has 0 aliphatic rings. The third kappa shape index (κ3) is 2.45. The van der Waals surface area contributed by atoms with E-state index in [0.29, 0.717) is 17.0 Å². The quantitative estimate of drug-likeness (QED) is 0.780. The maximum Gasteiger partial charge on any atom is 0.267 e. The molecule has 2 heterocycles. The van der Waals surface area contributed by atoms with Crippen molar-refractivity contribution in [3.63, 3.8) is 0 Å². The number of pyridine rings is 2. The predicted octanol–water partition coefficient (Wildman–Crippen LogP) is 2.98. The van der Waals surface area contributed by atoms with Crippen LogP contribution in [0.25, 0.3) is 22.5 Å². The summed E-state index contributed by atoms with van der Waals surface area (Å²) in [6, 6.07) is 18.6. The van der Waals surface area contributed by atoms with Gasteiger partial charge >= 0.3 is 0 Å². The highest BCUT2D eigenvalue weighted by Gasteiger charge is 2.12. The zero-order valence-corrected chi connectivity index (χ0v) is 11.1. The number of aromatic amines is 1. The molecule has 0 spiro atoms. The van der Waals surface area contributed by atoms with Crippen molar-refractivity contribution in [2.45, 2.75) is 0 Å². The molecule has 21 heavy (non-hydrogen) atoms. The van der Waals surface area contributed by atoms with Gasteiger partial charge in [0.1, 0.15) is 11.6 Å². The Morgan fingerprint density at radius 3 is 2.48 bits per heavy atom. The minimum Gasteiger partial charge on any atom is -0.319 e. The molecule has 0 saturated heterocycles. The Morgan fingerprint density at radius 2 is 1.81 bits per heavy atom. The molecular weight excluding hydrogens is 262 g/mol. The van der Waals surface area contributed by atoms with E-state index in [0.717, 1.165) is 5.56 Å². The highest BCUT2D eigenvalue weighted by molar-refractivity contribution is 5.74. The zero-order chi connectivity index (χ0) is 14.7. The first kappa shape index (κ1) is 12.8. The lowest BCUT2D eigenvalue weighted by atomic mass is 10.0. The minimum absolute atomic E-state index is 0.112. The predicted molar refractivity (Wildman–Crippen MR) is 80.4 cm³/mol. The molecule has 0 aliphatic carbocycles. The van der Waals surface area contributed by atoms with Crippen LogP contribution in [0.15, 0.2) is 65.6 Å². The van der Waals surface area contributed by atoms with Crippen LogP contribution in [0.5, 0.6) is 0 Å². The van der Waals surface area contributed by atoms with Crippen LogP contribution in [-0.4, -0.2) is 9.97 Å². The molecule has 0 saturated carbocycles. The van der Waals surface area contributed by atoms with Crippen LogP contribution in [0.1, 0.15) is 5.56 Å². The molecule has 3 rings (SSSR count). The summed E-state index contributed by atoms with van der Waals surface area (Å²) in [5.41, 5.74) is 2.41. The molecule has 1 aromatic carbocycles. The molecule has 4 nitrogen and oxygen atoms in total. The smallest absolute Gasteiger partial charge is 0.267 e. The molecule has 0 fully saturated rings. The Balaban J connectivity index is 2.27. The van der Waals surface area contributed by atoms with E-state index in [1.807, 2.05) is 54.6 Å². The van der Waals surface area contributed by atoms with Gasteiger partial charge in [-0.05, 0) is 23.8 Å². The topological polar surface area (TPSA) is 69.5 Å². The van der Waals surface area contributed by atoms with Crippen molar-refractivity contribution in [1.82, 2.24) is 9.97 Å². The third-order valence-electron chi connectivity index (χ3n) is 3.17. The summed E-state index contributed by atoms with van der Waals surface area (Å²) in [6.07, 6.45) is 1.66. The molecule has 0 amide bonds. The standard InChI is InChI=1S/C17H11N3O/c18-11-14-13(12-6-2-1-3-7-12)10-16(20-17(14)21)15-8-4-5-9-19-15/h1-10H,(H,20,21). The van der Waals surface area contributed by atoms with Gasteiger partial charge in [0.05, 0.1) is 11.4 Å². The van der Waals surface area contributed by atoms with Crippen molar-refractivity contribution in [3.8, 4) is 28.6 Å². The number of rotatable bonds is 2. The van der Waals surface area contributed by atoms with Gasteiger partial charge < -0.3 is 4.98 Å². The van der Waals surface area contributed by atoms with Gasteiger partial charge in [-0.15, -0.1) is 0 Å². The Labute approximate surface area is 121 Å². The van der Waals surface area contributed by atoms with Gasteiger partial charge in [-0.2, -0.15) is 5.26 Å². The van der Waals surface area contributed by atoms with Crippen LogP contribution in [0.3, 0.4) is 0 Å². The number of nitrogens with zero attached hydrogens (tertiary/aromatic N) is 2. The second-order valence-corrected chi connectivity index (χ2v) is 4.49. The summed E-state index contributed by atoms with van der Waals surface area (Å²) in [5.74, 6) is 0. The van der Waals surface area contributed by atoms with Crippen LogP contribution >= 0.6 is 0 Å². The van der Waals surface area contributed by atoms with E-state index in [-0.39, 0.29) is 5.56 Å². The molecule has 3 aromatic rings.